The van der Waals surface area contributed by atoms with Gasteiger partial charge >= 0.3 is 0 Å². The van der Waals surface area contributed by atoms with Crippen molar-refractivity contribution in [2.75, 3.05) is 26.0 Å². The van der Waals surface area contributed by atoms with Gasteiger partial charge in [0.1, 0.15) is 16.9 Å². The number of ether oxygens (including phenoxy) is 1. The number of nitrogen functional groups attached to an aromatic ring is 1. The standard InChI is InChI=1S/C21H22N6O2S/c1-13(20(28)23-7-8-29-2)27-12-15(11-25-27)14-9-16(19(22)24-10-14)21-26-17-5-3-4-6-18(17)30-21/h3-6,9-13H,7-8H2,1-2H3,(H2,22,24)(H,23,28). The van der Waals surface area contributed by atoms with E-state index in [1.807, 2.05) is 36.5 Å². The maximum Gasteiger partial charge on any atom is 0.244 e. The quantitative estimate of drug-likeness (QED) is 0.443. The minimum Gasteiger partial charge on any atom is -0.383 e. The van der Waals surface area contributed by atoms with Crippen LogP contribution in [0.15, 0.2) is 48.9 Å². The number of carbonyl (C=O) groups is 1. The molecule has 4 rings (SSSR count). The topological polar surface area (TPSA) is 108 Å². The van der Waals surface area contributed by atoms with Crippen LogP contribution >= 0.6 is 11.3 Å². The van der Waals surface area contributed by atoms with Crippen LogP contribution in [0.5, 0.6) is 0 Å². The highest BCUT2D eigenvalue weighted by molar-refractivity contribution is 7.21. The number of hydrogen-bond acceptors (Lipinski definition) is 7. The van der Waals surface area contributed by atoms with E-state index in [0.717, 1.165) is 31.9 Å². The molecule has 0 aliphatic carbocycles. The van der Waals surface area contributed by atoms with Crippen molar-refractivity contribution < 1.29 is 9.53 Å². The van der Waals surface area contributed by atoms with Crippen LogP contribution in [0, 0.1) is 0 Å². The Kier molecular flexibility index (Phi) is 5.73. The first kappa shape index (κ1) is 20.0. The normalized spacial score (nSPS) is 12.2. The van der Waals surface area contributed by atoms with Gasteiger partial charge in [-0.15, -0.1) is 11.3 Å². The number of nitrogens with one attached hydrogen (secondary N) is 1. The van der Waals surface area contributed by atoms with Gasteiger partial charge in [0, 0.05) is 37.2 Å². The molecule has 8 nitrogen and oxygen atoms in total. The van der Waals surface area contributed by atoms with Gasteiger partial charge in [0.15, 0.2) is 0 Å². The number of nitrogens with two attached hydrogens (primary N) is 1. The number of thiazole rings is 1. The van der Waals surface area contributed by atoms with Crippen molar-refractivity contribution in [3.05, 3.63) is 48.9 Å². The van der Waals surface area contributed by atoms with Crippen LogP contribution in [0.3, 0.4) is 0 Å². The van der Waals surface area contributed by atoms with Gasteiger partial charge in [0.25, 0.3) is 0 Å². The Morgan fingerprint density at radius 2 is 2.13 bits per heavy atom. The average Bonchev–Trinajstić information content (AvgIpc) is 3.41. The summed E-state index contributed by atoms with van der Waals surface area (Å²) in [6, 6.07) is 9.48. The van der Waals surface area contributed by atoms with Gasteiger partial charge in [0.05, 0.1) is 28.6 Å². The number of amides is 1. The second kappa shape index (κ2) is 8.60. The van der Waals surface area contributed by atoms with E-state index >= 15 is 0 Å². The first-order valence-electron chi connectivity index (χ1n) is 9.49. The highest BCUT2D eigenvalue weighted by atomic mass is 32.1. The minimum absolute atomic E-state index is 0.118. The van der Waals surface area contributed by atoms with Gasteiger partial charge in [-0.05, 0) is 25.1 Å². The summed E-state index contributed by atoms with van der Waals surface area (Å²) < 4.78 is 7.68. The number of aromatic nitrogens is 4. The van der Waals surface area contributed by atoms with Crippen molar-refractivity contribution >= 4 is 33.3 Å². The molecule has 3 N–H and O–H groups in total. The summed E-state index contributed by atoms with van der Waals surface area (Å²) in [5.41, 5.74) is 9.57. The lowest BCUT2D eigenvalue weighted by Gasteiger charge is -2.12. The molecule has 1 atom stereocenters. The van der Waals surface area contributed by atoms with Crippen molar-refractivity contribution in [2.45, 2.75) is 13.0 Å². The van der Waals surface area contributed by atoms with Crippen LogP contribution < -0.4 is 11.1 Å². The van der Waals surface area contributed by atoms with E-state index in [1.54, 1.807) is 42.4 Å². The van der Waals surface area contributed by atoms with E-state index in [4.69, 9.17) is 10.5 Å². The lowest BCUT2D eigenvalue weighted by Crippen LogP contribution is -2.33. The van der Waals surface area contributed by atoms with Gasteiger partial charge in [-0.2, -0.15) is 5.10 Å². The van der Waals surface area contributed by atoms with E-state index in [0.29, 0.717) is 19.0 Å². The number of pyridine rings is 1. The largest absolute Gasteiger partial charge is 0.383 e. The third-order valence-corrected chi connectivity index (χ3v) is 5.83. The Balaban J connectivity index is 1.59. The number of rotatable bonds is 7. The number of benzene rings is 1. The third-order valence-electron chi connectivity index (χ3n) is 4.76. The Hall–Kier alpha value is -3.30. The summed E-state index contributed by atoms with van der Waals surface area (Å²) in [5.74, 6) is 0.309. The smallest absolute Gasteiger partial charge is 0.244 e. The second-order valence-corrected chi connectivity index (χ2v) is 7.84. The Labute approximate surface area is 177 Å². The number of methoxy groups -OCH3 is 1. The molecule has 1 amide bonds. The molecule has 0 saturated carbocycles. The molecule has 30 heavy (non-hydrogen) atoms. The molecular weight excluding hydrogens is 400 g/mol. The van der Waals surface area contributed by atoms with E-state index in [1.165, 1.54) is 0 Å². The highest BCUT2D eigenvalue weighted by Crippen LogP contribution is 2.34. The predicted molar refractivity (Wildman–Crippen MR) is 118 cm³/mol. The van der Waals surface area contributed by atoms with E-state index in [9.17, 15) is 4.79 Å². The number of nitrogens with zero attached hydrogens (tertiary/aromatic N) is 4. The van der Waals surface area contributed by atoms with Crippen molar-refractivity contribution in [1.29, 1.82) is 0 Å². The van der Waals surface area contributed by atoms with Crippen molar-refractivity contribution in [3.8, 4) is 21.7 Å². The molecule has 3 heterocycles. The van der Waals surface area contributed by atoms with Gasteiger partial charge in [0.2, 0.25) is 5.91 Å². The van der Waals surface area contributed by atoms with Gasteiger partial charge in [-0.1, -0.05) is 12.1 Å². The fourth-order valence-electron chi connectivity index (χ4n) is 3.03. The Morgan fingerprint density at radius 3 is 2.93 bits per heavy atom. The molecular formula is C21H22N6O2S. The van der Waals surface area contributed by atoms with Crippen molar-refractivity contribution in [2.24, 2.45) is 0 Å². The summed E-state index contributed by atoms with van der Waals surface area (Å²) in [6.45, 7) is 2.72. The third kappa shape index (κ3) is 4.03. The molecule has 0 fully saturated rings. The summed E-state index contributed by atoms with van der Waals surface area (Å²) in [5, 5.41) is 8.00. The first-order valence-corrected chi connectivity index (χ1v) is 10.3. The SMILES string of the molecule is COCCNC(=O)C(C)n1cc(-c2cnc(N)c(-c3nc4ccccc4s3)c2)cn1. The number of anilines is 1. The van der Waals surface area contributed by atoms with Crippen LogP contribution in [0.2, 0.25) is 0 Å². The zero-order valence-electron chi connectivity index (χ0n) is 16.7. The number of para-hydroxylation sites is 1. The molecule has 4 aromatic rings. The first-order chi connectivity index (χ1) is 14.6. The van der Waals surface area contributed by atoms with Crippen LogP contribution in [0.25, 0.3) is 31.9 Å². The molecule has 154 valence electrons. The summed E-state index contributed by atoms with van der Waals surface area (Å²) in [4.78, 5) is 21.3. The van der Waals surface area contributed by atoms with E-state index < -0.39 is 6.04 Å². The van der Waals surface area contributed by atoms with Gasteiger partial charge < -0.3 is 15.8 Å². The molecule has 0 saturated heterocycles. The molecule has 0 radical (unpaired) electrons. The summed E-state index contributed by atoms with van der Waals surface area (Å²) >= 11 is 1.58. The number of hydrogen-bond donors (Lipinski definition) is 2. The van der Waals surface area contributed by atoms with Gasteiger partial charge in [-0.25, -0.2) is 9.97 Å². The molecule has 1 aromatic carbocycles. The van der Waals surface area contributed by atoms with Crippen molar-refractivity contribution in [3.63, 3.8) is 0 Å². The maximum absolute atomic E-state index is 12.3. The fourth-order valence-corrected chi connectivity index (χ4v) is 4.03. The summed E-state index contributed by atoms with van der Waals surface area (Å²) in [7, 11) is 1.60. The van der Waals surface area contributed by atoms with Gasteiger partial charge in [-0.3, -0.25) is 9.48 Å². The molecule has 1 unspecified atom stereocenters. The fraction of sp³-hybridized carbons (Fsp3) is 0.238. The summed E-state index contributed by atoms with van der Waals surface area (Å²) in [6.07, 6.45) is 5.25. The molecule has 0 aliphatic heterocycles. The molecule has 0 aliphatic rings. The van der Waals surface area contributed by atoms with Crippen molar-refractivity contribution in [1.82, 2.24) is 25.1 Å². The average molecular weight is 423 g/mol. The monoisotopic (exact) mass is 422 g/mol. The zero-order valence-corrected chi connectivity index (χ0v) is 17.5. The predicted octanol–water partition coefficient (Wildman–Crippen LogP) is 3.13. The molecule has 0 spiro atoms. The minimum atomic E-state index is -0.443. The number of carbonyl (C=O) groups excluding carboxylic acids is 1. The highest BCUT2D eigenvalue weighted by Gasteiger charge is 2.17. The molecule has 3 aromatic heterocycles. The zero-order chi connectivity index (χ0) is 21.1. The lowest BCUT2D eigenvalue weighted by molar-refractivity contribution is -0.124. The lowest BCUT2D eigenvalue weighted by atomic mass is 10.1. The van der Waals surface area contributed by atoms with Crippen LogP contribution in [0.1, 0.15) is 13.0 Å². The van der Waals surface area contributed by atoms with Crippen LogP contribution in [-0.2, 0) is 9.53 Å². The molecule has 0 bridgehead atoms. The van der Waals surface area contributed by atoms with Crippen LogP contribution in [0.4, 0.5) is 5.82 Å². The van der Waals surface area contributed by atoms with Crippen LogP contribution in [-0.4, -0.2) is 45.9 Å². The Morgan fingerprint density at radius 1 is 1.30 bits per heavy atom. The van der Waals surface area contributed by atoms with E-state index in [2.05, 4.69) is 20.4 Å². The number of fused-ring (bicyclic) bond motifs is 1. The molecule has 9 heteroatoms. The second-order valence-electron chi connectivity index (χ2n) is 6.81. The Bertz CT molecular complexity index is 1150. The maximum atomic E-state index is 12.3. The van der Waals surface area contributed by atoms with E-state index in [-0.39, 0.29) is 5.91 Å².